The first-order valence-electron chi connectivity index (χ1n) is 6.50. The number of anilines is 1. The number of hydrogen-bond donors (Lipinski definition) is 3. The lowest BCUT2D eigenvalue weighted by Gasteiger charge is -2.38. The van der Waals surface area contributed by atoms with Gasteiger partial charge in [0.05, 0.1) is 11.1 Å². The Morgan fingerprint density at radius 2 is 1.84 bits per heavy atom. The Kier molecular flexibility index (Phi) is 4.58. The van der Waals surface area contributed by atoms with E-state index in [2.05, 4.69) is 5.32 Å². The van der Waals surface area contributed by atoms with E-state index in [1.54, 1.807) is 13.8 Å². The number of para-hydroxylation sites is 1. The van der Waals surface area contributed by atoms with Crippen LogP contribution in [0.25, 0.3) is 0 Å². The zero-order chi connectivity index (χ0) is 14.7. The van der Waals surface area contributed by atoms with Gasteiger partial charge in [0.1, 0.15) is 0 Å². The van der Waals surface area contributed by atoms with Crippen LogP contribution in [0.3, 0.4) is 0 Å². The van der Waals surface area contributed by atoms with Crippen molar-refractivity contribution in [1.29, 1.82) is 0 Å². The highest BCUT2D eigenvalue weighted by Gasteiger charge is 2.36. The molecule has 106 valence electrons. The Morgan fingerprint density at radius 1 is 1.26 bits per heavy atom. The Labute approximate surface area is 115 Å². The number of carbonyl (C=O) groups is 1. The Balaban J connectivity index is 2.56. The molecule has 4 nitrogen and oxygen atoms in total. The third kappa shape index (κ3) is 4.24. The number of nitrogen functional groups attached to an aromatic ring is 1. The van der Waals surface area contributed by atoms with Crippen LogP contribution in [0.2, 0.25) is 0 Å². The molecule has 0 aliphatic rings. The van der Waals surface area contributed by atoms with Gasteiger partial charge in [-0.3, -0.25) is 4.79 Å². The molecule has 0 unspecified atom stereocenters. The van der Waals surface area contributed by atoms with Gasteiger partial charge in [-0.2, -0.15) is 0 Å². The fourth-order valence-corrected chi connectivity index (χ4v) is 1.57. The second-order valence-electron chi connectivity index (χ2n) is 5.93. The number of rotatable bonds is 5. The van der Waals surface area contributed by atoms with E-state index < -0.39 is 11.1 Å². The molecule has 0 radical (unpaired) electrons. The summed E-state index contributed by atoms with van der Waals surface area (Å²) in [5, 5.41) is 12.8. The molecule has 0 saturated heterocycles. The molecular weight excluding hydrogens is 240 g/mol. The van der Waals surface area contributed by atoms with Crippen LogP contribution in [0.15, 0.2) is 24.3 Å². The Bertz CT molecular complexity index is 448. The van der Waals surface area contributed by atoms with E-state index in [0.717, 1.165) is 5.56 Å². The molecule has 1 rings (SSSR count). The van der Waals surface area contributed by atoms with Crippen LogP contribution >= 0.6 is 0 Å². The van der Waals surface area contributed by atoms with Gasteiger partial charge in [-0.1, -0.05) is 18.2 Å². The number of benzene rings is 1. The van der Waals surface area contributed by atoms with Crippen LogP contribution in [0.1, 0.15) is 39.7 Å². The summed E-state index contributed by atoms with van der Waals surface area (Å²) in [6.45, 7) is 6.98. The molecule has 19 heavy (non-hydrogen) atoms. The lowest BCUT2D eigenvalue weighted by molar-refractivity contribution is -0.126. The summed E-state index contributed by atoms with van der Waals surface area (Å²) in [4.78, 5) is 11.9. The molecule has 0 atom stereocenters. The number of aliphatic hydroxyl groups is 1. The molecule has 1 aromatic rings. The second-order valence-corrected chi connectivity index (χ2v) is 5.93. The van der Waals surface area contributed by atoms with Gasteiger partial charge in [-0.15, -0.1) is 0 Å². The maximum atomic E-state index is 11.9. The first-order valence-corrected chi connectivity index (χ1v) is 6.50. The van der Waals surface area contributed by atoms with Crippen molar-refractivity contribution in [2.24, 2.45) is 0 Å². The normalized spacial score (nSPS) is 12.3. The molecule has 0 spiro atoms. The molecule has 0 bridgehead atoms. The largest absolute Gasteiger partial charge is 0.399 e. The Hall–Kier alpha value is -1.55. The summed E-state index contributed by atoms with van der Waals surface area (Å²) in [6.07, 6.45) is 0.953. The van der Waals surface area contributed by atoms with Gasteiger partial charge < -0.3 is 16.2 Å². The number of amides is 1. The molecule has 0 saturated carbocycles. The van der Waals surface area contributed by atoms with E-state index in [1.807, 2.05) is 38.1 Å². The number of nitrogens with one attached hydrogen (secondary N) is 1. The van der Waals surface area contributed by atoms with Crippen molar-refractivity contribution >= 4 is 11.6 Å². The van der Waals surface area contributed by atoms with Gasteiger partial charge in [-0.05, 0) is 45.7 Å². The molecule has 4 N–H and O–H groups in total. The van der Waals surface area contributed by atoms with E-state index in [1.165, 1.54) is 0 Å². The minimum absolute atomic E-state index is 0.0876. The van der Waals surface area contributed by atoms with Crippen LogP contribution in [0, 0.1) is 0 Å². The lowest BCUT2D eigenvalue weighted by Crippen LogP contribution is -2.57. The standard InChI is InChI=1S/C15H24N2O2/c1-14(2,15(3,4)19)17-13(18)10-9-11-7-5-6-8-12(11)16/h5-8,19H,9-10,16H2,1-4H3,(H,17,18). The fourth-order valence-electron chi connectivity index (χ4n) is 1.57. The smallest absolute Gasteiger partial charge is 0.220 e. The van der Waals surface area contributed by atoms with Crippen LogP contribution in [-0.2, 0) is 11.2 Å². The molecule has 4 heteroatoms. The van der Waals surface area contributed by atoms with Gasteiger partial charge in [-0.25, -0.2) is 0 Å². The van der Waals surface area contributed by atoms with E-state index in [4.69, 9.17) is 5.73 Å². The number of nitrogens with two attached hydrogens (primary N) is 1. The predicted octanol–water partition coefficient (Wildman–Crippen LogP) is 1.87. The summed E-state index contributed by atoms with van der Waals surface area (Å²) in [6, 6.07) is 7.53. The maximum Gasteiger partial charge on any atom is 0.220 e. The molecule has 1 amide bonds. The minimum atomic E-state index is -0.978. The topological polar surface area (TPSA) is 75.3 Å². The van der Waals surface area contributed by atoms with Gasteiger partial charge in [0.15, 0.2) is 0 Å². The summed E-state index contributed by atoms with van der Waals surface area (Å²) >= 11 is 0. The molecule has 0 heterocycles. The van der Waals surface area contributed by atoms with Crippen molar-refractivity contribution in [3.05, 3.63) is 29.8 Å². The predicted molar refractivity (Wildman–Crippen MR) is 77.7 cm³/mol. The van der Waals surface area contributed by atoms with Crippen LogP contribution in [-0.4, -0.2) is 22.2 Å². The van der Waals surface area contributed by atoms with E-state index >= 15 is 0 Å². The zero-order valence-electron chi connectivity index (χ0n) is 12.2. The molecule has 0 aromatic heterocycles. The molecule has 0 fully saturated rings. The average Bonchev–Trinajstić information content (AvgIpc) is 2.26. The highest BCUT2D eigenvalue weighted by molar-refractivity contribution is 5.77. The third-order valence-electron chi connectivity index (χ3n) is 3.66. The van der Waals surface area contributed by atoms with E-state index in [0.29, 0.717) is 18.5 Å². The number of aryl methyl sites for hydroxylation is 1. The fraction of sp³-hybridized carbons (Fsp3) is 0.533. The van der Waals surface area contributed by atoms with Crippen LogP contribution in [0.5, 0.6) is 0 Å². The molecule has 0 aliphatic carbocycles. The SMILES string of the molecule is CC(C)(O)C(C)(C)NC(=O)CCc1ccccc1N. The summed E-state index contributed by atoms with van der Waals surface area (Å²) < 4.78 is 0. The van der Waals surface area contributed by atoms with Gasteiger partial charge in [0, 0.05) is 12.1 Å². The van der Waals surface area contributed by atoms with Crippen molar-refractivity contribution in [3.8, 4) is 0 Å². The highest BCUT2D eigenvalue weighted by Crippen LogP contribution is 2.21. The van der Waals surface area contributed by atoms with Crippen molar-refractivity contribution in [1.82, 2.24) is 5.32 Å². The molecule has 1 aromatic carbocycles. The monoisotopic (exact) mass is 264 g/mol. The lowest BCUT2D eigenvalue weighted by atomic mass is 9.86. The maximum absolute atomic E-state index is 11.9. The Morgan fingerprint density at radius 3 is 2.37 bits per heavy atom. The molecule has 0 aliphatic heterocycles. The van der Waals surface area contributed by atoms with Gasteiger partial charge in [0.25, 0.3) is 0 Å². The van der Waals surface area contributed by atoms with Crippen molar-refractivity contribution in [2.45, 2.75) is 51.7 Å². The average molecular weight is 264 g/mol. The first kappa shape index (κ1) is 15.5. The quantitative estimate of drug-likeness (QED) is 0.711. The summed E-state index contributed by atoms with van der Waals surface area (Å²) in [5.41, 5.74) is 5.86. The highest BCUT2D eigenvalue weighted by atomic mass is 16.3. The van der Waals surface area contributed by atoms with E-state index in [-0.39, 0.29) is 5.91 Å². The summed E-state index contributed by atoms with van der Waals surface area (Å²) in [5.74, 6) is -0.0876. The number of hydrogen-bond acceptors (Lipinski definition) is 3. The number of carbonyl (C=O) groups excluding carboxylic acids is 1. The molecular formula is C15H24N2O2. The first-order chi connectivity index (χ1) is 8.63. The van der Waals surface area contributed by atoms with Crippen molar-refractivity contribution in [2.75, 3.05) is 5.73 Å². The zero-order valence-corrected chi connectivity index (χ0v) is 12.2. The van der Waals surface area contributed by atoms with E-state index in [9.17, 15) is 9.90 Å². The summed E-state index contributed by atoms with van der Waals surface area (Å²) in [7, 11) is 0. The van der Waals surface area contributed by atoms with Crippen LogP contribution in [0.4, 0.5) is 5.69 Å². The van der Waals surface area contributed by atoms with Crippen LogP contribution < -0.4 is 11.1 Å². The second kappa shape index (κ2) is 5.61. The third-order valence-corrected chi connectivity index (χ3v) is 3.66. The van der Waals surface area contributed by atoms with Crippen molar-refractivity contribution < 1.29 is 9.90 Å². The van der Waals surface area contributed by atoms with Crippen molar-refractivity contribution in [3.63, 3.8) is 0 Å². The minimum Gasteiger partial charge on any atom is -0.399 e. The van der Waals surface area contributed by atoms with Gasteiger partial charge in [0.2, 0.25) is 5.91 Å². The van der Waals surface area contributed by atoms with Gasteiger partial charge >= 0.3 is 0 Å².